The molecule has 5 heteroatoms. The maximum absolute atomic E-state index is 13.0. The van der Waals surface area contributed by atoms with Crippen molar-refractivity contribution in [3.8, 4) is 5.75 Å². The zero-order valence-corrected chi connectivity index (χ0v) is 12.0. The van der Waals surface area contributed by atoms with Crippen molar-refractivity contribution in [1.82, 2.24) is 10.6 Å². The quantitative estimate of drug-likeness (QED) is 0.476. The molecule has 20 heavy (non-hydrogen) atoms. The Morgan fingerprint density at radius 2 is 2.30 bits per heavy atom. The molecule has 4 nitrogen and oxygen atoms in total. The van der Waals surface area contributed by atoms with Crippen molar-refractivity contribution in [2.75, 3.05) is 19.7 Å². The number of ether oxygens (including phenoxy) is 1. The van der Waals surface area contributed by atoms with Crippen LogP contribution >= 0.6 is 0 Å². The molecule has 110 valence electrons. The van der Waals surface area contributed by atoms with E-state index >= 15 is 0 Å². The van der Waals surface area contributed by atoms with E-state index in [1.54, 1.807) is 12.1 Å². The van der Waals surface area contributed by atoms with Gasteiger partial charge < -0.3 is 15.4 Å². The van der Waals surface area contributed by atoms with Gasteiger partial charge in [-0.2, -0.15) is 0 Å². The van der Waals surface area contributed by atoms with Crippen LogP contribution in [-0.4, -0.2) is 31.7 Å². The molecule has 0 aromatic heterocycles. The molecular weight excluding hydrogens is 257 g/mol. The third-order valence-electron chi connectivity index (χ3n) is 3.20. The van der Waals surface area contributed by atoms with Crippen molar-refractivity contribution in [2.45, 2.75) is 26.3 Å². The number of benzene rings is 1. The second-order valence-electron chi connectivity index (χ2n) is 5.03. The second kappa shape index (κ2) is 7.12. The van der Waals surface area contributed by atoms with Crippen molar-refractivity contribution >= 4 is 5.96 Å². The second-order valence-corrected chi connectivity index (χ2v) is 5.03. The number of nitrogens with zero attached hydrogens (tertiary/aromatic N) is 1. The minimum Gasteiger partial charge on any atom is -0.492 e. The van der Waals surface area contributed by atoms with Gasteiger partial charge in [-0.25, -0.2) is 9.38 Å². The number of halogens is 1. The highest BCUT2D eigenvalue weighted by atomic mass is 19.1. The monoisotopic (exact) mass is 279 g/mol. The fourth-order valence-electron chi connectivity index (χ4n) is 1.90. The lowest BCUT2D eigenvalue weighted by Gasteiger charge is -2.11. The number of nitrogens with one attached hydrogen (secondary N) is 2. The summed E-state index contributed by atoms with van der Waals surface area (Å²) < 4.78 is 18.4. The van der Waals surface area contributed by atoms with Crippen LogP contribution in [0.15, 0.2) is 29.3 Å². The zero-order valence-electron chi connectivity index (χ0n) is 12.0. The fraction of sp³-hybridized carbons (Fsp3) is 0.533. The molecule has 0 aliphatic heterocycles. The van der Waals surface area contributed by atoms with Crippen molar-refractivity contribution in [3.63, 3.8) is 0 Å². The van der Waals surface area contributed by atoms with Crippen molar-refractivity contribution in [3.05, 3.63) is 30.1 Å². The summed E-state index contributed by atoms with van der Waals surface area (Å²) >= 11 is 0. The van der Waals surface area contributed by atoms with Gasteiger partial charge in [0, 0.05) is 18.7 Å². The van der Waals surface area contributed by atoms with Gasteiger partial charge in [0.15, 0.2) is 5.96 Å². The first-order chi connectivity index (χ1) is 9.69. The lowest BCUT2D eigenvalue weighted by molar-refractivity contribution is 0.326. The van der Waals surface area contributed by atoms with Crippen molar-refractivity contribution in [1.29, 1.82) is 0 Å². The molecule has 1 aliphatic carbocycles. The summed E-state index contributed by atoms with van der Waals surface area (Å²) in [5.41, 5.74) is 0. The predicted molar refractivity (Wildman–Crippen MR) is 78.6 cm³/mol. The van der Waals surface area contributed by atoms with E-state index in [4.69, 9.17) is 4.74 Å². The molecule has 1 aromatic carbocycles. The number of hydrogen-bond acceptors (Lipinski definition) is 2. The van der Waals surface area contributed by atoms with Gasteiger partial charge in [0.2, 0.25) is 0 Å². The molecule has 2 unspecified atom stereocenters. The highest BCUT2D eigenvalue weighted by Crippen LogP contribution is 2.28. The fourth-order valence-corrected chi connectivity index (χ4v) is 1.90. The minimum absolute atomic E-state index is 0.288. The number of aliphatic imine (C=N–C) groups is 1. The molecule has 1 saturated carbocycles. The van der Waals surface area contributed by atoms with Gasteiger partial charge in [-0.3, -0.25) is 0 Å². The van der Waals surface area contributed by atoms with Crippen molar-refractivity contribution < 1.29 is 9.13 Å². The topological polar surface area (TPSA) is 45.7 Å². The van der Waals surface area contributed by atoms with Crippen LogP contribution in [0.1, 0.15) is 20.3 Å². The first kappa shape index (κ1) is 14.6. The van der Waals surface area contributed by atoms with Gasteiger partial charge in [0.1, 0.15) is 18.2 Å². The van der Waals surface area contributed by atoms with Crippen LogP contribution in [0.4, 0.5) is 4.39 Å². The van der Waals surface area contributed by atoms with E-state index in [0.717, 1.165) is 18.4 Å². The summed E-state index contributed by atoms with van der Waals surface area (Å²) in [6.07, 6.45) is 1.20. The van der Waals surface area contributed by atoms with Gasteiger partial charge >= 0.3 is 0 Å². The summed E-state index contributed by atoms with van der Waals surface area (Å²) in [5, 5.41) is 6.58. The number of hydrogen-bond donors (Lipinski definition) is 2. The molecule has 1 fully saturated rings. The maximum atomic E-state index is 13.0. The van der Waals surface area contributed by atoms with Crippen LogP contribution < -0.4 is 15.4 Å². The van der Waals surface area contributed by atoms with Crippen LogP contribution in [0.3, 0.4) is 0 Å². The predicted octanol–water partition coefficient (Wildman–Crippen LogP) is 2.17. The number of guanidine groups is 1. The van der Waals surface area contributed by atoms with Crippen LogP contribution in [-0.2, 0) is 0 Å². The van der Waals surface area contributed by atoms with E-state index < -0.39 is 0 Å². The van der Waals surface area contributed by atoms with Gasteiger partial charge in [-0.1, -0.05) is 13.0 Å². The Morgan fingerprint density at radius 3 is 2.95 bits per heavy atom. The van der Waals surface area contributed by atoms with Crippen LogP contribution in [0, 0.1) is 11.7 Å². The normalized spacial score (nSPS) is 21.4. The summed E-state index contributed by atoms with van der Waals surface area (Å²) in [7, 11) is 0. The molecule has 1 aromatic rings. The Morgan fingerprint density at radius 1 is 1.50 bits per heavy atom. The SMILES string of the molecule is CCNC(=NCCOc1cccc(F)c1)NC1CC1C. The maximum Gasteiger partial charge on any atom is 0.191 e. The summed E-state index contributed by atoms with van der Waals surface area (Å²) in [4.78, 5) is 4.44. The Hall–Kier alpha value is -1.78. The standard InChI is InChI=1S/C15H22FN3O/c1-3-17-15(19-14-9-11(14)2)18-7-8-20-13-6-4-5-12(16)10-13/h4-6,10-11,14H,3,7-9H2,1-2H3,(H2,17,18,19). The van der Waals surface area contributed by atoms with Gasteiger partial charge in [-0.15, -0.1) is 0 Å². The smallest absolute Gasteiger partial charge is 0.191 e. The molecule has 0 heterocycles. The summed E-state index contributed by atoms with van der Waals surface area (Å²) in [5.74, 6) is 1.80. The Balaban J connectivity index is 1.74. The van der Waals surface area contributed by atoms with Gasteiger partial charge in [0.25, 0.3) is 0 Å². The lowest BCUT2D eigenvalue weighted by Crippen LogP contribution is -2.39. The third kappa shape index (κ3) is 4.72. The summed E-state index contributed by atoms with van der Waals surface area (Å²) in [6.45, 7) is 6.05. The molecule has 0 bridgehead atoms. The highest BCUT2D eigenvalue weighted by molar-refractivity contribution is 5.80. The van der Waals surface area contributed by atoms with Gasteiger partial charge in [-0.05, 0) is 31.4 Å². The highest BCUT2D eigenvalue weighted by Gasteiger charge is 2.33. The third-order valence-corrected chi connectivity index (χ3v) is 3.20. The molecule has 2 N–H and O–H groups in total. The van der Waals surface area contributed by atoms with Crippen LogP contribution in [0.2, 0.25) is 0 Å². The molecule has 0 radical (unpaired) electrons. The molecule has 0 spiro atoms. The Bertz CT molecular complexity index is 464. The molecule has 1 aliphatic rings. The Kier molecular flexibility index (Phi) is 5.21. The minimum atomic E-state index is -0.288. The number of rotatable bonds is 6. The van der Waals surface area contributed by atoms with E-state index in [1.807, 2.05) is 6.92 Å². The zero-order chi connectivity index (χ0) is 14.4. The molecule has 2 rings (SSSR count). The Labute approximate surface area is 119 Å². The largest absolute Gasteiger partial charge is 0.492 e. The molecule has 0 saturated heterocycles. The van der Waals surface area contributed by atoms with Crippen molar-refractivity contribution in [2.24, 2.45) is 10.9 Å². The molecular formula is C15H22FN3O. The van der Waals surface area contributed by atoms with E-state index in [0.29, 0.717) is 24.9 Å². The van der Waals surface area contributed by atoms with E-state index in [9.17, 15) is 4.39 Å². The summed E-state index contributed by atoms with van der Waals surface area (Å²) in [6, 6.07) is 6.68. The first-order valence-corrected chi connectivity index (χ1v) is 7.12. The van der Waals surface area contributed by atoms with Crippen LogP contribution in [0.5, 0.6) is 5.75 Å². The lowest BCUT2D eigenvalue weighted by atomic mass is 10.3. The van der Waals surface area contributed by atoms with E-state index in [-0.39, 0.29) is 5.82 Å². The molecule has 2 atom stereocenters. The average molecular weight is 279 g/mol. The van der Waals surface area contributed by atoms with Crippen LogP contribution in [0.25, 0.3) is 0 Å². The molecule has 0 amide bonds. The van der Waals surface area contributed by atoms with E-state index in [1.165, 1.54) is 18.6 Å². The average Bonchev–Trinajstić information content (AvgIpc) is 3.10. The first-order valence-electron chi connectivity index (χ1n) is 7.12. The van der Waals surface area contributed by atoms with E-state index in [2.05, 4.69) is 22.5 Å². The van der Waals surface area contributed by atoms with Gasteiger partial charge in [0.05, 0.1) is 6.54 Å².